The Bertz CT molecular complexity index is 1480. The number of carbonyl (C=O) groups excluding carboxylic acids is 2. The second-order valence-electron chi connectivity index (χ2n) is 7.64. The zero-order chi connectivity index (χ0) is 24.9. The summed E-state index contributed by atoms with van der Waals surface area (Å²) in [6.45, 7) is 1.49. The van der Waals surface area contributed by atoms with Crippen molar-refractivity contribution in [3.05, 3.63) is 97.4 Å². The largest absolute Gasteiger partial charge is 0.461 e. The van der Waals surface area contributed by atoms with E-state index < -0.39 is 22.4 Å². The van der Waals surface area contributed by atoms with Gasteiger partial charge in [0.2, 0.25) is 5.91 Å². The molecule has 2 aromatic carbocycles. The maximum atomic E-state index is 13.0. The molecular weight excluding hydrogens is 472 g/mol. The highest BCUT2D eigenvalue weighted by Crippen LogP contribution is 2.27. The summed E-state index contributed by atoms with van der Waals surface area (Å²) in [5.74, 6) is -1.09. The average molecular weight is 493 g/mol. The number of thiophene rings is 1. The SMILES string of the molecule is Cc1c(C(=O)OCCc2ccccc2)sc2ncn(CC(=O)Nc3cccc([N+](=O)[O-])c3)c(=O)c12. The Hall–Kier alpha value is -4.38. The van der Waals surface area contributed by atoms with Crippen molar-refractivity contribution in [2.24, 2.45) is 0 Å². The van der Waals surface area contributed by atoms with Gasteiger partial charge in [0, 0.05) is 24.2 Å². The number of rotatable bonds is 8. The number of benzene rings is 2. The first kappa shape index (κ1) is 23.8. The molecule has 0 saturated carbocycles. The highest BCUT2D eigenvalue weighted by Gasteiger charge is 2.21. The van der Waals surface area contributed by atoms with E-state index in [0.29, 0.717) is 16.8 Å². The second kappa shape index (κ2) is 10.3. The van der Waals surface area contributed by atoms with Gasteiger partial charge in [-0.15, -0.1) is 11.3 Å². The van der Waals surface area contributed by atoms with Gasteiger partial charge in [0.15, 0.2) is 0 Å². The molecule has 2 aromatic heterocycles. The van der Waals surface area contributed by atoms with Gasteiger partial charge in [-0.2, -0.15) is 0 Å². The Morgan fingerprint density at radius 1 is 1.17 bits per heavy atom. The minimum atomic E-state index is -0.568. The van der Waals surface area contributed by atoms with Crippen molar-refractivity contribution in [3.8, 4) is 0 Å². The quantitative estimate of drug-likeness (QED) is 0.225. The summed E-state index contributed by atoms with van der Waals surface area (Å²) < 4.78 is 6.52. The van der Waals surface area contributed by atoms with E-state index in [1.807, 2.05) is 30.3 Å². The molecule has 1 N–H and O–H groups in total. The topological polar surface area (TPSA) is 133 Å². The van der Waals surface area contributed by atoms with Crippen molar-refractivity contribution in [1.29, 1.82) is 0 Å². The summed E-state index contributed by atoms with van der Waals surface area (Å²) in [5, 5.41) is 13.7. The molecule has 4 aromatic rings. The van der Waals surface area contributed by atoms with Gasteiger partial charge >= 0.3 is 5.97 Å². The first-order valence-electron chi connectivity index (χ1n) is 10.6. The fourth-order valence-electron chi connectivity index (χ4n) is 3.49. The summed E-state index contributed by atoms with van der Waals surface area (Å²) in [7, 11) is 0. The van der Waals surface area contributed by atoms with Crippen LogP contribution in [-0.2, 0) is 22.5 Å². The molecule has 178 valence electrons. The molecule has 35 heavy (non-hydrogen) atoms. The molecule has 0 aliphatic heterocycles. The molecule has 0 unspecified atom stereocenters. The van der Waals surface area contributed by atoms with Crippen molar-refractivity contribution in [1.82, 2.24) is 9.55 Å². The van der Waals surface area contributed by atoms with E-state index in [1.165, 1.54) is 30.6 Å². The van der Waals surface area contributed by atoms with Gasteiger partial charge in [-0.05, 0) is 24.1 Å². The molecule has 0 radical (unpaired) electrons. The van der Waals surface area contributed by atoms with E-state index in [0.717, 1.165) is 21.5 Å². The molecule has 0 saturated heterocycles. The second-order valence-corrected chi connectivity index (χ2v) is 8.64. The third-order valence-corrected chi connectivity index (χ3v) is 6.40. The van der Waals surface area contributed by atoms with E-state index in [4.69, 9.17) is 4.74 Å². The first-order valence-corrected chi connectivity index (χ1v) is 11.4. The van der Waals surface area contributed by atoms with Crippen LogP contribution in [0.1, 0.15) is 20.8 Å². The van der Waals surface area contributed by atoms with Crippen LogP contribution >= 0.6 is 11.3 Å². The number of fused-ring (bicyclic) bond motifs is 1. The normalized spacial score (nSPS) is 10.8. The third-order valence-electron chi connectivity index (χ3n) is 5.22. The van der Waals surface area contributed by atoms with E-state index in [-0.39, 0.29) is 34.8 Å². The molecule has 0 spiro atoms. The number of nitro groups is 1. The number of amides is 1. The van der Waals surface area contributed by atoms with Crippen molar-refractivity contribution in [2.75, 3.05) is 11.9 Å². The molecule has 10 nitrogen and oxygen atoms in total. The molecule has 11 heteroatoms. The maximum absolute atomic E-state index is 13.0. The lowest BCUT2D eigenvalue weighted by Gasteiger charge is -2.07. The molecule has 0 fully saturated rings. The molecule has 0 bridgehead atoms. The number of aromatic nitrogens is 2. The Morgan fingerprint density at radius 3 is 2.69 bits per heavy atom. The predicted molar refractivity (Wildman–Crippen MR) is 131 cm³/mol. The number of nitro benzene ring substituents is 1. The number of nitrogens with zero attached hydrogens (tertiary/aromatic N) is 3. The molecule has 1 amide bonds. The number of hydrogen-bond acceptors (Lipinski definition) is 8. The molecule has 0 aliphatic carbocycles. The molecule has 2 heterocycles. The Kier molecular flexibility index (Phi) is 6.97. The van der Waals surface area contributed by atoms with Crippen LogP contribution in [0.5, 0.6) is 0 Å². The van der Waals surface area contributed by atoms with Crippen LogP contribution in [0.3, 0.4) is 0 Å². The highest BCUT2D eigenvalue weighted by atomic mass is 32.1. The monoisotopic (exact) mass is 492 g/mol. The lowest BCUT2D eigenvalue weighted by Crippen LogP contribution is -2.27. The number of non-ortho nitro benzene ring substituents is 1. The van der Waals surface area contributed by atoms with Gasteiger partial charge in [0.25, 0.3) is 11.2 Å². The van der Waals surface area contributed by atoms with Gasteiger partial charge < -0.3 is 10.1 Å². The number of anilines is 1. The molecule has 0 aliphatic rings. The summed E-state index contributed by atoms with van der Waals surface area (Å²) in [6, 6.07) is 15.1. The summed E-state index contributed by atoms with van der Waals surface area (Å²) in [5.41, 5.74) is 1.09. The predicted octanol–water partition coefficient (Wildman–Crippen LogP) is 3.71. The van der Waals surface area contributed by atoms with Crippen molar-refractivity contribution in [3.63, 3.8) is 0 Å². The van der Waals surface area contributed by atoms with E-state index in [2.05, 4.69) is 10.3 Å². The van der Waals surface area contributed by atoms with Crippen LogP contribution < -0.4 is 10.9 Å². The van der Waals surface area contributed by atoms with Crippen LogP contribution in [-0.4, -0.2) is 33.0 Å². The van der Waals surface area contributed by atoms with Gasteiger partial charge in [-0.1, -0.05) is 36.4 Å². The van der Waals surface area contributed by atoms with E-state index in [9.17, 15) is 24.5 Å². The van der Waals surface area contributed by atoms with Gasteiger partial charge in [0.1, 0.15) is 16.3 Å². The van der Waals surface area contributed by atoms with Gasteiger partial charge in [-0.25, -0.2) is 9.78 Å². The van der Waals surface area contributed by atoms with Crippen molar-refractivity contribution >= 4 is 44.8 Å². The standard InChI is InChI=1S/C24H20N4O6S/c1-15-20-22(35-21(15)24(31)34-11-10-16-6-3-2-4-7-16)25-14-27(23(20)30)13-19(29)26-17-8-5-9-18(12-17)28(32)33/h2-9,12,14H,10-11,13H2,1H3,(H,26,29). The smallest absolute Gasteiger partial charge is 0.348 e. The number of nitrogens with one attached hydrogen (secondary N) is 1. The zero-order valence-electron chi connectivity index (χ0n) is 18.6. The number of aryl methyl sites for hydroxylation is 1. The number of carbonyl (C=O) groups is 2. The molecule has 4 rings (SSSR count). The van der Waals surface area contributed by atoms with E-state index in [1.54, 1.807) is 6.92 Å². The minimum Gasteiger partial charge on any atom is -0.461 e. The average Bonchev–Trinajstić information content (AvgIpc) is 3.18. The fourth-order valence-corrected chi connectivity index (χ4v) is 4.52. The van der Waals surface area contributed by atoms with Crippen LogP contribution in [0.15, 0.2) is 65.7 Å². The minimum absolute atomic E-state index is 0.167. The van der Waals surface area contributed by atoms with Crippen LogP contribution in [0.4, 0.5) is 11.4 Å². The molecule has 0 atom stereocenters. The lowest BCUT2D eigenvalue weighted by molar-refractivity contribution is -0.384. The number of hydrogen-bond donors (Lipinski definition) is 1. The Labute approximate surface area is 203 Å². The summed E-state index contributed by atoms with van der Waals surface area (Å²) in [4.78, 5) is 53.3. The van der Waals surface area contributed by atoms with Crippen LogP contribution in [0.25, 0.3) is 10.2 Å². The Balaban J connectivity index is 1.47. The van der Waals surface area contributed by atoms with Crippen molar-refractivity contribution < 1.29 is 19.2 Å². The van der Waals surface area contributed by atoms with E-state index >= 15 is 0 Å². The van der Waals surface area contributed by atoms with Crippen LogP contribution in [0.2, 0.25) is 0 Å². The van der Waals surface area contributed by atoms with Gasteiger partial charge in [0.05, 0.1) is 23.2 Å². The highest BCUT2D eigenvalue weighted by molar-refractivity contribution is 7.20. The number of ether oxygens (including phenoxy) is 1. The first-order chi connectivity index (χ1) is 16.8. The summed E-state index contributed by atoms with van der Waals surface area (Å²) >= 11 is 1.06. The zero-order valence-corrected chi connectivity index (χ0v) is 19.4. The van der Waals surface area contributed by atoms with Crippen molar-refractivity contribution in [2.45, 2.75) is 19.9 Å². The Morgan fingerprint density at radius 2 is 1.94 bits per heavy atom. The molecular formula is C24H20N4O6S. The maximum Gasteiger partial charge on any atom is 0.348 e. The lowest BCUT2D eigenvalue weighted by atomic mass is 10.2. The summed E-state index contributed by atoms with van der Waals surface area (Å²) in [6.07, 6.45) is 1.80. The third kappa shape index (κ3) is 5.41. The fraction of sp³-hybridized carbons (Fsp3) is 0.167. The number of esters is 1. The van der Waals surface area contributed by atoms with Crippen LogP contribution in [0, 0.1) is 17.0 Å². The van der Waals surface area contributed by atoms with Gasteiger partial charge in [-0.3, -0.25) is 24.3 Å².